The molecule has 1 fully saturated rings. The molecule has 1 heterocycles. The van der Waals surface area contributed by atoms with Crippen LogP contribution in [-0.4, -0.2) is 41.1 Å². The van der Waals surface area contributed by atoms with Crippen LogP contribution in [0, 0.1) is 5.92 Å². The van der Waals surface area contributed by atoms with Gasteiger partial charge in [0.1, 0.15) is 0 Å². The molecule has 0 saturated carbocycles. The second-order valence-electron chi connectivity index (χ2n) is 3.91. The second kappa shape index (κ2) is 4.07. The summed E-state index contributed by atoms with van der Waals surface area (Å²) in [5.41, 5.74) is 5.75. The second-order valence-corrected chi connectivity index (χ2v) is 3.91. The van der Waals surface area contributed by atoms with Crippen LogP contribution in [0.25, 0.3) is 0 Å². The predicted molar refractivity (Wildman–Crippen MR) is 50.4 cm³/mol. The number of rotatable bonds is 3. The minimum absolute atomic E-state index is 0.0889. The molecule has 0 bridgehead atoms. The molecule has 1 aliphatic rings. The van der Waals surface area contributed by atoms with Gasteiger partial charge >= 0.3 is 5.97 Å². The van der Waals surface area contributed by atoms with Gasteiger partial charge in [0.25, 0.3) is 0 Å². The largest absolute Gasteiger partial charge is 0.481 e. The third-order valence-electron chi connectivity index (χ3n) is 2.95. The van der Waals surface area contributed by atoms with Gasteiger partial charge in [-0.25, -0.2) is 0 Å². The maximum absolute atomic E-state index is 10.7. The molecule has 1 saturated heterocycles. The highest BCUT2D eigenvalue weighted by Gasteiger charge is 2.29. The van der Waals surface area contributed by atoms with Crippen LogP contribution >= 0.6 is 0 Å². The van der Waals surface area contributed by atoms with E-state index in [-0.39, 0.29) is 18.0 Å². The van der Waals surface area contributed by atoms with E-state index in [2.05, 4.69) is 4.90 Å². The summed E-state index contributed by atoms with van der Waals surface area (Å²) in [6.45, 7) is 5.46. The number of nitrogens with two attached hydrogens (primary N) is 1. The maximum atomic E-state index is 10.7. The quantitative estimate of drug-likeness (QED) is 0.657. The van der Waals surface area contributed by atoms with E-state index in [1.165, 1.54) is 0 Å². The number of aliphatic carboxylic acids is 1. The van der Waals surface area contributed by atoms with Crippen LogP contribution in [0.5, 0.6) is 0 Å². The van der Waals surface area contributed by atoms with Gasteiger partial charge in [-0.1, -0.05) is 6.92 Å². The zero-order valence-corrected chi connectivity index (χ0v) is 8.23. The highest BCUT2D eigenvalue weighted by molar-refractivity contribution is 5.70. The van der Waals surface area contributed by atoms with Gasteiger partial charge in [-0.05, 0) is 13.3 Å². The van der Waals surface area contributed by atoms with E-state index in [0.717, 1.165) is 19.5 Å². The lowest BCUT2D eigenvalue weighted by Crippen LogP contribution is -2.40. The summed E-state index contributed by atoms with van der Waals surface area (Å²) in [6, 6.07) is 0.314. The van der Waals surface area contributed by atoms with E-state index < -0.39 is 5.97 Å². The van der Waals surface area contributed by atoms with Crippen molar-refractivity contribution in [2.24, 2.45) is 11.7 Å². The minimum atomic E-state index is -0.729. The average Bonchev–Trinajstić information content (AvgIpc) is 2.49. The van der Waals surface area contributed by atoms with Gasteiger partial charge in [0.05, 0.1) is 5.92 Å². The number of nitrogens with zero attached hydrogens (tertiary/aromatic N) is 1. The van der Waals surface area contributed by atoms with Gasteiger partial charge in [0.15, 0.2) is 0 Å². The first-order valence-corrected chi connectivity index (χ1v) is 4.74. The zero-order valence-electron chi connectivity index (χ0n) is 8.23. The molecule has 4 heteroatoms. The molecule has 3 N–H and O–H groups in total. The Morgan fingerprint density at radius 2 is 2.23 bits per heavy atom. The Morgan fingerprint density at radius 1 is 1.62 bits per heavy atom. The molecule has 0 radical (unpaired) electrons. The molecule has 3 atom stereocenters. The monoisotopic (exact) mass is 186 g/mol. The van der Waals surface area contributed by atoms with E-state index in [1.807, 2.05) is 6.92 Å². The Balaban J connectivity index is 2.47. The van der Waals surface area contributed by atoms with Gasteiger partial charge in [0, 0.05) is 25.2 Å². The van der Waals surface area contributed by atoms with Gasteiger partial charge in [0.2, 0.25) is 0 Å². The molecular weight excluding hydrogens is 168 g/mol. The van der Waals surface area contributed by atoms with E-state index in [0.29, 0.717) is 0 Å². The molecule has 1 aliphatic heterocycles. The van der Waals surface area contributed by atoms with E-state index in [1.54, 1.807) is 6.92 Å². The molecule has 1 rings (SSSR count). The first-order chi connectivity index (χ1) is 6.02. The standard InChI is InChI=1S/C9H18N2O2/c1-6(9(12)13)7(2)11-4-3-8(10)5-11/h6-8H,3-5,10H2,1-2H3,(H,12,13)/t6?,7?,8-/m1/s1. The molecule has 0 spiro atoms. The number of carboxylic acids is 1. The van der Waals surface area contributed by atoms with Gasteiger partial charge < -0.3 is 10.8 Å². The summed E-state index contributed by atoms with van der Waals surface area (Å²) in [4.78, 5) is 12.9. The first kappa shape index (κ1) is 10.5. The van der Waals surface area contributed by atoms with Gasteiger partial charge in [-0.15, -0.1) is 0 Å². The highest BCUT2D eigenvalue weighted by atomic mass is 16.4. The Kier molecular flexibility index (Phi) is 3.27. The first-order valence-electron chi connectivity index (χ1n) is 4.74. The SMILES string of the molecule is CC(C(=O)O)C(C)N1CC[C@@H](N)C1. The van der Waals surface area contributed by atoms with Crippen molar-refractivity contribution in [2.75, 3.05) is 13.1 Å². The van der Waals surface area contributed by atoms with Crippen molar-refractivity contribution < 1.29 is 9.90 Å². The molecule has 13 heavy (non-hydrogen) atoms. The molecule has 0 amide bonds. The summed E-state index contributed by atoms with van der Waals surface area (Å²) in [5, 5.41) is 8.82. The van der Waals surface area contributed by atoms with Crippen molar-refractivity contribution in [1.29, 1.82) is 0 Å². The predicted octanol–water partition coefficient (Wildman–Crippen LogP) is 0.129. The number of likely N-dealkylation sites (tertiary alicyclic amines) is 1. The van der Waals surface area contributed by atoms with Gasteiger partial charge in [-0.2, -0.15) is 0 Å². The Hall–Kier alpha value is -0.610. The van der Waals surface area contributed by atoms with Crippen LogP contribution in [-0.2, 0) is 4.79 Å². The van der Waals surface area contributed by atoms with Crippen LogP contribution in [0.4, 0.5) is 0 Å². The topological polar surface area (TPSA) is 66.6 Å². The lowest BCUT2D eigenvalue weighted by atomic mass is 10.0. The Labute approximate surface area is 78.7 Å². The van der Waals surface area contributed by atoms with Crippen molar-refractivity contribution in [1.82, 2.24) is 4.90 Å². The summed E-state index contributed by atoms with van der Waals surface area (Å²) < 4.78 is 0. The maximum Gasteiger partial charge on any atom is 0.307 e. The van der Waals surface area contributed by atoms with Crippen LogP contribution in [0.15, 0.2) is 0 Å². The Morgan fingerprint density at radius 3 is 2.62 bits per heavy atom. The van der Waals surface area contributed by atoms with Crippen molar-refractivity contribution in [3.8, 4) is 0 Å². The molecule has 76 valence electrons. The normalized spacial score (nSPS) is 28.7. The van der Waals surface area contributed by atoms with Crippen LogP contribution in [0.3, 0.4) is 0 Å². The number of carboxylic acid groups (broad SMARTS) is 1. The van der Waals surface area contributed by atoms with Gasteiger partial charge in [-0.3, -0.25) is 9.69 Å². The van der Waals surface area contributed by atoms with E-state index in [4.69, 9.17) is 10.8 Å². The molecule has 2 unspecified atom stereocenters. The molecule has 0 aromatic carbocycles. The summed E-state index contributed by atoms with van der Waals surface area (Å²) in [6.07, 6.45) is 0.983. The van der Waals surface area contributed by atoms with Crippen molar-refractivity contribution >= 4 is 5.97 Å². The molecule has 0 aromatic rings. The lowest BCUT2D eigenvalue weighted by Gasteiger charge is -2.26. The fraction of sp³-hybridized carbons (Fsp3) is 0.889. The zero-order chi connectivity index (χ0) is 10.0. The molecular formula is C9H18N2O2. The third-order valence-corrected chi connectivity index (χ3v) is 2.95. The molecule has 4 nitrogen and oxygen atoms in total. The number of hydrogen-bond acceptors (Lipinski definition) is 3. The lowest BCUT2D eigenvalue weighted by molar-refractivity contribution is -0.143. The summed E-state index contributed by atoms with van der Waals surface area (Å²) >= 11 is 0. The van der Waals surface area contributed by atoms with Crippen molar-refractivity contribution in [3.05, 3.63) is 0 Å². The van der Waals surface area contributed by atoms with E-state index >= 15 is 0 Å². The summed E-state index contributed by atoms with van der Waals surface area (Å²) in [7, 11) is 0. The number of carbonyl (C=O) groups is 1. The smallest absolute Gasteiger partial charge is 0.307 e. The fourth-order valence-corrected chi connectivity index (χ4v) is 1.71. The van der Waals surface area contributed by atoms with Crippen LogP contribution in [0.2, 0.25) is 0 Å². The molecule has 0 aliphatic carbocycles. The van der Waals surface area contributed by atoms with Crippen molar-refractivity contribution in [3.63, 3.8) is 0 Å². The third kappa shape index (κ3) is 2.42. The van der Waals surface area contributed by atoms with Crippen molar-refractivity contribution in [2.45, 2.75) is 32.4 Å². The van der Waals surface area contributed by atoms with Crippen LogP contribution < -0.4 is 5.73 Å². The average molecular weight is 186 g/mol. The Bertz CT molecular complexity index is 196. The summed E-state index contributed by atoms with van der Waals surface area (Å²) in [5.74, 6) is -1.04. The van der Waals surface area contributed by atoms with Crippen LogP contribution in [0.1, 0.15) is 20.3 Å². The minimum Gasteiger partial charge on any atom is -0.481 e. The fourth-order valence-electron chi connectivity index (χ4n) is 1.71. The van der Waals surface area contributed by atoms with E-state index in [9.17, 15) is 4.79 Å². The highest BCUT2D eigenvalue weighted by Crippen LogP contribution is 2.16. The molecule has 0 aromatic heterocycles. The number of hydrogen-bond donors (Lipinski definition) is 2.